The molecule has 2 fully saturated rings. The maximum Gasteiger partial charge on any atom is 0.0537 e. The molecule has 18 heavy (non-hydrogen) atoms. The van der Waals surface area contributed by atoms with Crippen molar-refractivity contribution in [2.75, 3.05) is 19.6 Å². The molecular formula is C14H24N4. The Morgan fingerprint density at radius 3 is 2.83 bits per heavy atom. The number of aromatic nitrogens is 2. The molecule has 100 valence electrons. The average molecular weight is 248 g/mol. The van der Waals surface area contributed by atoms with E-state index < -0.39 is 0 Å². The minimum absolute atomic E-state index is 0.497. The molecule has 1 unspecified atom stereocenters. The summed E-state index contributed by atoms with van der Waals surface area (Å²) < 4.78 is 2.09. The average Bonchev–Trinajstić information content (AvgIpc) is 2.76. The molecule has 1 atom stereocenters. The molecule has 0 amide bonds. The summed E-state index contributed by atoms with van der Waals surface area (Å²) in [6.45, 7) is 8.99. The molecular weight excluding hydrogens is 224 g/mol. The molecule has 2 aliphatic rings. The van der Waals surface area contributed by atoms with Crippen molar-refractivity contribution < 1.29 is 0 Å². The van der Waals surface area contributed by atoms with Crippen LogP contribution in [0.3, 0.4) is 0 Å². The lowest BCUT2D eigenvalue weighted by Crippen LogP contribution is -2.59. The quantitative estimate of drug-likeness (QED) is 0.853. The first-order chi connectivity index (χ1) is 8.70. The Kier molecular flexibility index (Phi) is 3.16. The van der Waals surface area contributed by atoms with Gasteiger partial charge in [0.05, 0.1) is 6.20 Å². The first-order valence-corrected chi connectivity index (χ1v) is 7.16. The van der Waals surface area contributed by atoms with Gasteiger partial charge in [-0.2, -0.15) is 5.10 Å². The molecule has 0 aliphatic carbocycles. The van der Waals surface area contributed by atoms with Gasteiger partial charge in [0.15, 0.2) is 0 Å². The highest BCUT2D eigenvalue weighted by Gasteiger charge is 2.47. The maximum absolute atomic E-state index is 4.50. The molecule has 1 spiro atoms. The minimum Gasteiger partial charge on any atom is -0.317 e. The molecule has 2 saturated heterocycles. The summed E-state index contributed by atoms with van der Waals surface area (Å²) in [6, 6.07) is 0.528. The molecule has 0 saturated carbocycles. The second kappa shape index (κ2) is 4.67. The summed E-state index contributed by atoms with van der Waals surface area (Å²) in [4.78, 5) is 0. The molecule has 4 nitrogen and oxygen atoms in total. The first-order valence-electron chi connectivity index (χ1n) is 7.16. The smallest absolute Gasteiger partial charge is 0.0537 e. The summed E-state index contributed by atoms with van der Waals surface area (Å²) in [6.07, 6.45) is 6.88. The van der Waals surface area contributed by atoms with Gasteiger partial charge < -0.3 is 10.6 Å². The monoisotopic (exact) mass is 248 g/mol. The van der Waals surface area contributed by atoms with Gasteiger partial charge in [0.25, 0.3) is 0 Å². The van der Waals surface area contributed by atoms with Crippen molar-refractivity contribution in [3.63, 3.8) is 0 Å². The van der Waals surface area contributed by atoms with Crippen LogP contribution in [0.25, 0.3) is 0 Å². The predicted octanol–water partition coefficient (Wildman–Crippen LogP) is 1.55. The van der Waals surface area contributed by atoms with E-state index in [-0.39, 0.29) is 0 Å². The van der Waals surface area contributed by atoms with Crippen molar-refractivity contribution >= 4 is 0 Å². The molecule has 0 radical (unpaired) electrons. The summed E-state index contributed by atoms with van der Waals surface area (Å²) in [5.41, 5.74) is 1.88. The zero-order chi connectivity index (χ0) is 12.6. The molecule has 3 rings (SSSR count). The number of nitrogens with one attached hydrogen (secondary N) is 2. The summed E-state index contributed by atoms with van der Waals surface area (Å²) in [5.74, 6) is 0.653. The van der Waals surface area contributed by atoms with Crippen LogP contribution in [0, 0.1) is 11.3 Å². The lowest BCUT2D eigenvalue weighted by atomic mass is 9.65. The number of piperidine rings is 1. The molecule has 1 aromatic rings. The first kappa shape index (κ1) is 12.2. The van der Waals surface area contributed by atoms with Crippen molar-refractivity contribution in [3.05, 3.63) is 18.0 Å². The van der Waals surface area contributed by atoms with Gasteiger partial charge in [-0.1, -0.05) is 13.8 Å². The normalized spacial score (nSPS) is 26.5. The molecule has 2 aliphatic heterocycles. The standard InChI is InChI=1S/C14H24N4/c1-11(2)8-18-9-12(7-17-18)13-14(10-16-13)3-5-15-6-4-14/h7,9,11,13,15-16H,3-6,8,10H2,1-2H3. The van der Waals surface area contributed by atoms with Crippen LogP contribution in [0.1, 0.15) is 38.3 Å². The number of hydrogen-bond donors (Lipinski definition) is 2. The molecule has 4 heteroatoms. The lowest BCUT2D eigenvalue weighted by Gasteiger charge is -2.52. The second-order valence-electron chi connectivity index (χ2n) is 6.32. The van der Waals surface area contributed by atoms with Crippen LogP contribution in [0.15, 0.2) is 12.4 Å². The fraction of sp³-hybridized carbons (Fsp3) is 0.786. The zero-order valence-corrected chi connectivity index (χ0v) is 11.4. The van der Waals surface area contributed by atoms with Crippen molar-refractivity contribution in [1.82, 2.24) is 20.4 Å². The van der Waals surface area contributed by atoms with Gasteiger partial charge in [-0.25, -0.2) is 0 Å². The Balaban J connectivity index is 1.72. The number of hydrogen-bond acceptors (Lipinski definition) is 3. The van der Waals surface area contributed by atoms with Crippen LogP contribution in [-0.2, 0) is 6.54 Å². The van der Waals surface area contributed by atoms with Crippen molar-refractivity contribution in [1.29, 1.82) is 0 Å². The second-order valence-corrected chi connectivity index (χ2v) is 6.32. The number of rotatable bonds is 3. The highest BCUT2D eigenvalue weighted by Crippen LogP contribution is 2.47. The third-order valence-corrected chi connectivity index (χ3v) is 4.41. The van der Waals surface area contributed by atoms with Gasteiger partial charge in [-0.3, -0.25) is 4.68 Å². The Hall–Kier alpha value is -0.870. The molecule has 2 N–H and O–H groups in total. The van der Waals surface area contributed by atoms with E-state index in [0.29, 0.717) is 17.4 Å². The maximum atomic E-state index is 4.50. The molecule has 3 heterocycles. The van der Waals surface area contributed by atoms with Crippen LogP contribution in [0.4, 0.5) is 0 Å². The topological polar surface area (TPSA) is 41.9 Å². The van der Waals surface area contributed by atoms with E-state index in [0.717, 1.165) is 19.6 Å². The molecule has 0 aromatic carbocycles. The highest BCUT2D eigenvalue weighted by molar-refractivity contribution is 5.21. The van der Waals surface area contributed by atoms with Crippen molar-refractivity contribution in [2.24, 2.45) is 11.3 Å². The SMILES string of the molecule is CC(C)Cn1cc(C2NCC23CCNCC3)cn1. The van der Waals surface area contributed by atoms with Gasteiger partial charge in [-0.05, 0) is 31.8 Å². The third-order valence-electron chi connectivity index (χ3n) is 4.41. The molecule has 0 bridgehead atoms. The number of nitrogens with zero attached hydrogens (tertiary/aromatic N) is 2. The summed E-state index contributed by atoms with van der Waals surface area (Å²) in [5, 5.41) is 11.6. The Labute approximate surface area is 109 Å². The van der Waals surface area contributed by atoms with E-state index in [1.165, 1.54) is 24.9 Å². The fourth-order valence-electron chi connectivity index (χ4n) is 3.36. The van der Waals surface area contributed by atoms with Gasteiger partial charge in [-0.15, -0.1) is 0 Å². The molecule has 1 aromatic heterocycles. The van der Waals surface area contributed by atoms with E-state index in [1.54, 1.807) is 0 Å². The van der Waals surface area contributed by atoms with Crippen LogP contribution < -0.4 is 10.6 Å². The van der Waals surface area contributed by atoms with Gasteiger partial charge in [0.2, 0.25) is 0 Å². The summed E-state index contributed by atoms with van der Waals surface area (Å²) >= 11 is 0. The van der Waals surface area contributed by atoms with Crippen LogP contribution >= 0.6 is 0 Å². The lowest BCUT2D eigenvalue weighted by molar-refractivity contribution is 0.0435. The van der Waals surface area contributed by atoms with Crippen molar-refractivity contribution in [3.8, 4) is 0 Å². The van der Waals surface area contributed by atoms with Crippen molar-refractivity contribution in [2.45, 2.75) is 39.3 Å². The largest absolute Gasteiger partial charge is 0.317 e. The van der Waals surface area contributed by atoms with E-state index in [2.05, 4.69) is 46.7 Å². The van der Waals surface area contributed by atoms with Crippen LogP contribution in [0.2, 0.25) is 0 Å². The highest BCUT2D eigenvalue weighted by atomic mass is 15.3. The Morgan fingerprint density at radius 1 is 1.44 bits per heavy atom. The van der Waals surface area contributed by atoms with Crippen LogP contribution in [-0.4, -0.2) is 29.4 Å². The summed E-state index contributed by atoms with van der Waals surface area (Å²) in [7, 11) is 0. The van der Waals surface area contributed by atoms with E-state index >= 15 is 0 Å². The Bertz CT molecular complexity index is 404. The predicted molar refractivity (Wildman–Crippen MR) is 72.3 cm³/mol. The Morgan fingerprint density at radius 2 is 2.22 bits per heavy atom. The minimum atomic E-state index is 0.497. The van der Waals surface area contributed by atoms with E-state index in [1.807, 2.05) is 0 Å². The van der Waals surface area contributed by atoms with Gasteiger partial charge >= 0.3 is 0 Å². The zero-order valence-electron chi connectivity index (χ0n) is 11.4. The van der Waals surface area contributed by atoms with E-state index in [4.69, 9.17) is 0 Å². The van der Waals surface area contributed by atoms with E-state index in [9.17, 15) is 0 Å². The third kappa shape index (κ3) is 2.08. The fourth-order valence-corrected chi connectivity index (χ4v) is 3.36. The van der Waals surface area contributed by atoms with Gasteiger partial charge in [0.1, 0.15) is 0 Å². The van der Waals surface area contributed by atoms with Crippen LogP contribution in [0.5, 0.6) is 0 Å². The van der Waals surface area contributed by atoms with Gasteiger partial charge in [0, 0.05) is 36.3 Å².